The lowest BCUT2D eigenvalue weighted by Gasteiger charge is -2.32. The molecule has 0 bridgehead atoms. The first kappa shape index (κ1) is 12.2. The molecule has 1 N–H and O–H groups in total. The molecule has 1 atom stereocenters. The number of carbonyl (C=O) groups excluding carboxylic acids is 1. The summed E-state index contributed by atoms with van der Waals surface area (Å²) in [4.78, 5) is 13.8. The van der Waals surface area contributed by atoms with Crippen LogP contribution in [0.1, 0.15) is 40.0 Å². The molecule has 15 heavy (non-hydrogen) atoms. The topological polar surface area (TPSA) is 40.5 Å². The smallest absolute Gasteiger partial charge is 0.258 e. The number of amides is 1. The zero-order valence-corrected chi connectivity index (χ0v) is 9.92. The molecule has 1 fully saturated rings. The van der Waals surface area contributed by atoms with E-state index in [9.17, 15) is 9.90 Å². The number of hydrogen-bond donors (Lipinski definition) is 1. The van der Waals surface area contributed by atoms with Crippen LogP contribution in [0.25, 0.3) is 0 Å². The zero-order chi connectivity index (χ0) is 11.5. The van der Waals surface area contributed by atoms with Crippen molar-refractivity contribution in [3.63, 3.8) is 0 Å². The van der Waals surface area contributed by atoms with Gasteiger partial charge in [0.1, 0.15) is 0 Å². The van der Waals surface area contributed by atoms with Crippen LogP contribution in [0.15, 0.2) is 11.6 Å². The molecule has 0 spiro atoms. The Hall–Kier alpha value is -0.830. The van der Waals surface area contributed by atoms with Gasteiger partial charge in [-0.1, -0.05) is 5.57 Å². The molecule has 3 nitrogen and oxygen atoms in total. The standard InChI is InChI=1S/C12H21NO2/c1-10(2)9-12(3,15)11(14)13-7-5-4-6-8-13/h9,15H,4-8H2,1-3H3. The fourth-order valence-corrected chi connectivity index (χ4v) is 2.04. The second-order valence-corrected chi connectivity index (χ2v) is 4.72. The van der Waals surface area contributed by atoms with Gasteiger partial charge in [-0.25, -0.2) is 0 Å². The average molecular weight is 211 g/mol. The van der Waals surface area contributed by atoms with Gasteiger partial charge in [-0.2, -0.15) is 0 Å². The Labute approximate surface area is 91.8 Å². The number of rotatable bonds is 2. The number of aliphatic hydroxyl groups is 1. The van der Waals surface area contributed by atoms with E-state index in [0.717, 1.165) is 31.5 Å². The average Bonchev–Trinajstić information content (AvgIpc) is 2.16. The maximum Gasteiger partial charge on any atom is 0.258 e. The highest BCUT2D eigenvalue weighted by Gasteiger charge is 2.32. The minimum Gasteiger partial charge on any atom is -0.376 e. The minimum absolute atomic E-state index is 0.164. The third-order valence-corrected chi connectivity index (χ3v) is 2.65. The fourth-order valence-electron chi connectivity index (χ4n) is 2.04. The first-order valence-corrected chi connectivity index (χ1v) is 5.61. The lowest BCUT2D eigenvalue weighted by Crippen LogP contribution is -2.48. The maximum absolute atomic E-state index is 12.0. The molecule has 1 aliphatic rings. The van der Waals surface area contributed by atoms with E-state index in [-0.39, 0.29) is 5.91 Å². The number of piperidine rings is 1. The van der Waals surface area contributed by atoms with Crippen LogP contribution >= 0.6 is 0 Å². The lowest BCUT2D eigenvalue weighted by atomic mass is 10.00. The molecule has 0 aromatic heterocycles. The molecule has 1 rings (SSSR count). The van der Waals surface area contributed by atoms with Crippen molar-refractivity contribution in [1.29, 1.82) is 0 Å². The van der Waals surface area contributed by atoms with Gasteiger partial charge >= 0.3 is 0 Å². The quantitative estimate of drug-likeness (QED) is 0.706. The fraction of sp³-hybridized carbons (Fsp3) is 0.750. The van der Waals surface area contributed by atoms with Crippen molar-refractivity contribution in [3.05, 3.63) is 11.6 Å². The van der Waals surface area contributed by atoms with E-state index in [2.05, 4.69) is 0 Å². The number of likely N-dealkylation sites (tertiary alicyclic amines) is 1. The van der Waals surface area contributed by atoms with E-state index in [0.29, 0.717) is 0 Å². The molecule has 1 aliphatic heterocycles. The molecule has 0 saturated carbocycles. The van der Waals surface area contributed by atoms with Crippen LogP contribution in [0.4, 0.5) is 0 Å². The van der Waals surface area contributed by atoms with Crippen LogP contribution in [0.2, 0.25) is 0 Å². The first-order valence-electron chi connectivity index (χ1n) is 5.61. The molecule has 0 aromatic rings. The van der Waals surface area contributed by atoms with Crippen LogP contribution in [0, 0.1) is 0 Å². The highest BCUT2D eigenvalue weighted by Crippen LogP contribution is 2.17. The van der Waals surface area contributed by atoms with Crippen LogP contribution in [-0.4, -0.2) is 34.6 Å². The Morgan fingerprint density at radius 3 is 2.27 bits per heavy atom. The summed E-state index contributed by atoms with van der Waals surface area (Å²) in [5.74, 6) is -0.164. The van der Waals surface area contributed by atoms with Gasteiger partial charge in [0.2, 0.25) is 0 Å². The molecule has 0 aromatic carbocycles. The number of allylic oxidation sites excluding steroid dienone is 1. The maximum atomic E-state index is 12.0. The first-order chi connectivity index (χ1) is 6.93. The molecular weight excluding hydrogens is 190 g/mol. The Morgan fingerprint density at radius 1 is 1.27 bits per heavy atom. The number of hydrogen-bond acceptors (Lipinski definition) is 2. The van der Waals surface area contributed by atoms with Crippen molar-refractivity contribution >= 4 is 5.91 Å². The molecule has 1 amide bonds. The summed E-state index contributed by atoms with van der Waals surface area (Å²) in [7, 11) is 0. The van der Waals surface area contributed by atoms with Gasteiger partial charge in [0.25, 0.3) is 5.91 Å². The third-order valence-electron chi connectivity index (χ3n) is 2.65. The number of nitrogens with zero attached hydrogens (tertiary/aromatic N) is 1. The van der Waals surface area contributed by atoms with Crippen molar-refractivity contribution in [3.8, 4) is 0 Å². The van der Waals surface area contributed by atoms with E-state index < -0.39 is 5.60 Å². The van der Waals surface area contributed by atoms with Crippen LogP contribution in [0.3, 0.4) is 0 Å². The molecule has 1 heterocycles. The summed E-state index contributed by atoms with van der Waals surface area (Å²) >= 11 is 0. The molecular formula is C12H21NO2. The van der Waals surface area contributed by atoms with Gasteiger partial charge in [-0.15, -0.1) is 0 Å². The second kappa shape index (κ2) is 4.79. The van der Waals surface area contributed by atoms with Crippen LogP contribution < -0.4 is 0 Å². The van der Waals surface area contributed by atoms with Crippen LogP contribution in [0.5, 0.6) is 0 Å². The largest absolute Gasteiger partial charge is 0.376 e. The van der Waals surface area contributed by atoms with Gasteiger partial charge in [0.05, 0.1) is 0 Å². The van der Waals surface area contributed by atoms with Gasteiger partial charge in [-0.3, -0.25) is 4.79 Å². The lowest BCUT2D eigenvalue weighted by molar-refractivity contribution is -0.146. The summed E-state index contributed by atoms with van der Waals surface area (Å²) in [6.07, 6.45) is 4.92. The molecule has 86 valence electrons. The van der Waals surface area contributed by atoms with Crippen molar-refractivity contribution < 1.29 is 9.90 Å². The van der Waals surface area contributed by atoms with E-state index in [1.807, 2.05) is 13.8 Å². The third kappa shape index (κ3) is 3.34. The van der Waals surface area contributed by atoms with Gasteiger partial charge in [0, 0.05) is 13.1 Å². The Balaban J connectivity index is 2.69. The predicted molar refractivity (Wildman–Crippen MR) is 60.5 cm³/mol. The highest BCUT2D eigenvalue weighted by molar-refractivity contribution is 5.86. The summed E-state index contributed by atoms with van der Waals surface area (Å²) in [5.41, 5.74) is -0.374. The van der Waals surface area contributed by atoms with Crippen molar-refractivity contribution in [2.24, 2.45) is 0 Å². The zero-order valence-electron chi connectivity index (χ0n) is 9.92. The van der Waals surface area contributed by atoms with Gasteiger partial charge in [0.15, 0.2) is 5.60 Å². The molecule has 0 radical (unpaired) electrons. The monoisotopic (exact) mass is 211 g/mol. The van der Waals surface area contributed by atoms with Crippen molar-refractivity contribution in [2.45, 2.75) is 45.6 Å². The molecule has 1 unspecified atom stereocenters. The Morgan fingerprint density at radius 2 is 1.80 bits per heavy atom. The van der Waals surface area contributed by atoms with Crippen molar-refractivity contribution in [1.82, 2.24) is 4.90 Å². The summed E-state index contributed by atoms with van der Waals surface area (Å²) in [5, 5.41) is 10.0. The number of carbonyl (C=O) groups is 1. The van der Waals surface area contributed by atoms with Gasteiger partial charge < -0.3 is 10.0 Å². The molecule has 3 heteroatoms. The van der Waals surface area contributed by atoms with E-state index in [4.69, 9.17) is 0 Å². The summed E-state index contributed by atoms with van der Waals surface area (Å²) < 4.78 is 0. The Bertz CT molecular complexity index is 259. The SMILES string of the molecule is CC(C)=CC(C)(O)C(=O)N1CCCCC1. The van der Waals surface area contributed by atoms with E-state index >= 15 is 0 Å². The van der Waals surface area contributed by atoms with Gasteiger partial charge in [-0.05, 0) is 46.1 Å². The second-order valence-electron chi connectivity index (χ2n) is 4.72. The van der Waals surface area contributed by atoms with Crippen LogP contribution in [-0.2, 0) is 4.79 Å². The molecule has 0 aliphatic carbocycles. The summed E-state index contributed by atoms with van der Waals surface area (Å²) in [6.45, 7) is 6.91. The van der Waals surface area contributed by atoms with E-state index in [1.54, 1.807) is 17.9 Å². The highest BCUT2D eigenvalue weighted by atomic mass is 16.3. The predicted octanol–water partition coefficient (Wildman–Crippen LogP) is 1.72. The van der Waals surface area contributed by atoms with E-state index in [1.165, 1.54) is 6.42 Å². The molecule has 1 saturated heterocycles. The Kier molecular flexibility index (Phi) is 3.91. The van der Waals surface area contributed by atoms with Crippen molar-refractivity contribution in [2.75, 3.05) is 13.1 Å². The summed E-state index contributed by atoms with van der Waals surface area (Å²) in [6, 6.07) is 0. The normalized spacial score (nSPS) is 20.7. The minimum atomic E-state index is -1.34.